The first-order chi connectivity index (χ1) is 10.2. The molecule has 2 fully saturated rings. The van der Waals surface area contributed by atoms with Crippen molar-refractivity contribution in [2.45, 2.75) is 44.2 Å². The van der Waals surface area contributed by atoms with Crippen molar-refractivity contribution in [1.29, 1.82) is 0 Å². The Morgan fingerprint density at radius 2 is 2.14 bits per heavy atom. The third-order valence-corrected chi connectivity index (χ3v) is 5.45. The van der Waals surface area contributed by atoms with Crippen molar-refractivity contribution in [1.82, 2.24) is 10.2 Å². The van der Waals surface area contributed by atoms with E-state index in [-0.39, 0.29) is 0 Å². The van der Waals surface area contributed by atoms with E-state index in [2.05, 4.69) is 22.3 Å². The fraction of sp³-hybridized carbons (Fsp3) is 0.647. The van der Waals surface area contributed by atoms with Gasteiger partial charge in [-0.15, -0.1) is 0 Å². The van der Waals surface area contributed by atoms with Gasteiger partial charge < -0.3 is 10.1 Å². The summed E-state index contributed by atoms with van der Waals surface area (Å²) in [4.78, 5) is 2.58. The molecule has 0 bridgehead atoms. The molecule has 2 heterocycles. The Morgan fingerprint density at radius 1 is 1.29 bits per heavy atom. The molecule has 4 rings (SSSR count). The Labute approximate surface area is 131 Å². The Balaban J connectivity index is 1.53. The summed E-state index contributed by atoms with van der Waals surface area (Å²) >= 11 is 6.28. The van der Waals surface area contributed by atoms with E-state index in [0.29, 0.717) is 5.54 Å². The summed E-state index contributed by atoms with van der Waals surface area (Å²) in [6.45, 7) is 5.14. The Hall–Kier alpha value is -0.770. The van der Waals surface area contributed by atoms with Gasteiger partial charge in [-0.25, -0.2) is 0 Å². The second-order valence-electron chi connectivity index (χ2n) is 6.78. The number of nitrogens with zero attached hydrogens (tertiary/aromatic N) is 1. The average molecular weight is 307 g/mol. The van der Waals surface area contributed by atoms with E-state index < -0.39 is 0 Å². The van der Waals surface area contributed by atoms with Crippen LogP contribution in [-0.4, -0.2) is 36.7 Å². The van der Waals surface area contributed by atoms with E-state index in [1.54, 1.807) is 0 Å². The minimum Gasteiger partial charge on any atom is -0.493 e. The quantitative estimate of drug-likeness (QED) is 0.909. The smallest absolute Gasteiger partial charge is 0.127 e. The van der Waals surface area contributed by atoms with Crippen LogP contribution >= 0.6 is 11.6 Å². The zero-order valence-electron chi connectivity index (χ0n) is 12.5. The highest BCUT2D eigenvalue weighted by atomic mass is 35.5. The Morgan fingerprint density at radius 3 is 3.00 bits per heavy atom. The molecule has 1 N–H and O–H groups in total. The van der Waals surface area contributed by atoms with E-state index in [1.807, 2.05) is 0 Å². The SMILES string of the molecule is Clc1cc2c(c(CN3CCNC4(CCCC4)C3)c1)OCC2. The van der Waals surface area contributed by atoms with Crippen molar-refractivity contribution in [2.75, 3.05) is 26.2 Å². The molecule has 3 nitrogen and oxygen atoms in total. The van der Waals surface area contributed by atoms with Gasteiger partial charge in [0.05, 0.1) is 6.61 Å². The fourth-order valence-corrected chi connectivity index (χ4v) is 4.53. The van der Waals surface area contributed by atoms with Crippen LogP contribution < -0.4 is 10.1 Å². The predicted molar refractivity (Wildman–Crippen MR) is 85.1 cm³/mol. The maximum atomic E-state index is 6.28. The number of ether oxygens (including phenoxy) is 1. The van der Waals surface area contributed by atoms with Crippen molar-refractivity contribution >= 4 is 11.6 Å². The number of rotatable bonds is 2. The van der Waals surface area contributed by atoms with Gasteiger partial charge in [0.15, 0.2) is 0 Å². The van der Waals surface area contributed by atoms with Gasteiger partial charge in [0.25, 0.3) is 0 Å². The standard InChI is InChI=1S/C17H23ClN2O/c18-15-9-13-3-8-21-16(13)14(10-15)11-20-7-6-19-17(12-20)4-1-2-5-17/h9-10,19H,1-8,11-12H2. The second kappa shape index (κ2) is 5.45. The average Bonchev–Trinajstić information content (AvgIpc) is 3.08. The van der Waals surface area contributed by atoms with Crippen molar-refractivity contribution in [3.05, 3.63) is 28.3 Å². The van der Waals surface area contributed by atoms with Gasteiger partial charge in [0.1, 0.15) is 5.75 Å². The molecule has 0 aromatic heterocycles. The normalized spacial score (nSPS) is 24.2. The van der Waals surface area contributed by atoms with Crippen LogP contribution in [0.2, 0.25) is 5.02 Å². The van der Waals surface area contributed by atoms with Crippen molar-refractivity contribution < 1.29 is 4.74 Å². The zero-order valence-corrected chi connectivity index (χ0v) is 13.2. The van der Waals surface area contributed by atoms with E-state index in [1.165, 1.54) is 36.8 Å². The Bertz CT molecular complexity index is 540. The number of fused-ring (bicyclic) bond motifs is 1. The maximum Gasteiger partial charge on any atom is 0.127 e. The molecule has 1 saturated heterocycles. The molecular formula is C17H23ClN2O. The lowest BCUT2D eigenvalue weighted by molar-refractivity contribution is 0.128. The first kappa shape index (κ1) is 13.9. The van der Waals surface area contributed by atoms with Crippen LogP contribution in [0.4, 0.5) is 0 Å². The molecule has 2 aliphatic heterocycles. The molecule has 3 aliphatic rings. The summed E-state index contributed by atoms with van der Waals surface area (Å²) in [7, 11) is 0. The fourth-order valence-electron chi connectivity index (χ4n) is 4.27. The lowest BCUT2D eigenvalue weighted by Gasteiger charge is -2.41. The van der Waals surface area contributed by atoms with Gasteiger partial charge >= 0.3 is 0 Å². The zero-order chi connectivity index (χ0) is 14.3. The van der Waals surface area contributed by atoms with Crippen LogP contribution in [0.25, 0.3) is 0 Å². The van der Waals surface area contributed by atoms with E-state index >= 15 is 0 Å². The summed E-state index contributed by atoms with van der Waals surface area (Å²) < 4.78 is 5.84. The first-order valence-corrected chi connectivity index (χ1v) is 8.53. The third-order valence-electron chi connectivity index (χ3n) is 5.23. The lowest BCUT2D eigenvalue weighted by atomic mass is 9.94. The van der Waals surface area contributed by atoms with Crippen LogP contribution in [-0.2, 0) is 13.0 Å². The Kier molecular flexibility index (Phi) is 3.60. The van der Waals surface area contributed by atoms with Gasteiger partial charge in [-0.3, -0.25) is 4.90 Å². The molecule has 0 radical (unpaired) electrons. The molecule has 114 valence electrons. The number of hydrogen-bond donors (Lipinski definition) is 1. The monoisotopic (exact) mass is 306 g/mol. The summed E-state index contributed by atoms with van der Waals surface area (Å²) in [5.41, 5.74) is 2.93. The van der Waals surface area contributed by atoms with E-state index in [0.717, 1.165) is 50.0 Å². The predicted octanol–water partition coefficient (Wildman–Crippen LogP) is 2.99. The van der Waals surface area contributed by atoms with Crippen molar-refractivity contribution in [2.24, 2.45) is 0 Å². The van der Waals surface area contributed by atoms with Crippen LogP contribution in [0.3, 0.4) is 0 Å². The lowest BCUT2D eigenvalue weighted by Crippen LogP contribution is -2.58. The molecule has 21 heavy (non-hydrogen) atoms. The van der Waals surface area contributed by atoms with Gasteiger partial charge in [-0.1, -0.05) is 24.4 Å². The van der Waals surface area contributed by atoms with Crippen molar-refractivity contribution in [3.63, 3.8) is 0 Å². The molecule has 1 aromatic rings. The summed E-state index contributed by atoms with van der Waals surface area (Å²) in [6, 6.07) is 4.15. The van der Waals surface area contributed by atoms with Crippen molar-refractivity contribution in [3.8, 4) is 5.75 Å². The topological polar surface area (TPSA) is 24.5 Å². The number of halogens is 1. The van der Waals surface area contributed by atoms with Gasteiger partial charge in [-0.05, 0) is 30.5 Å². The third kappa shape index (κ3) is 2.67. The second-order valence-corrected chi connectivity index (χ2v) is 7.21. The molecule has 1 saturated carbocycles. The molecule has 0 atom stereocenters. The largest absolute Gasteiger partial charge is 0.493 e. The number of piperazine rings is 1. The number of benzene rings is 1. The highest BCUT2D eigenvalue weighted by Crippen LogP contribution is 2.36. The molecule has 0 amide bonds. The molecule has 0 unspecified atom stereocenters. The summed E-state index contributed by atoms with van der Waals surface area (Å²) in [5, 5.41) is 4.62. The molecular weight excluding hydrogens is 284 g/mol. The van der Waals surface area contributed by atoms with Crippen LogP contribution in [0, 0.1) is 0 Å². The molecule has 1 aromatic carbocycles. The maximum absolute atomic E-state index is 6.28. The van der Waals surface area contributed by atoms with E-state index in [9.17, 15) is 0 Å². The number of nitrogens with one attached hydrogen (secondary N) is 1. The van der Waals surface area contributed by atoms with E-state index in [4.69, 9.17) is 16.3 Å². The van der Waals surface area contributed by atoms with Crippen LogP contribution in [0.5, 0.6) is 5.75 Å². The molecule has 1 spiro atoms. The summed E-state index contributed by atoms with van der Waals surface area (Å²) in [5.74, 6) is 1.10. The highest BCUT2D eigenvalue weighted by molar-refractivity contribution is 6.30. The van der Waals surface area contributed by atoms with Gasteiger partial charge in [0, 0.05) is 48.7 Å². The molecule has 1 aliphatic carbocycles. The van der Waals surface area contributed by atoms with Gasteiger partial charge in [0.2, 0.25) is 0 Å². The van der Waals surface area contributed by atoms with Crippen LogP contribution in [0.1, 0.15) is 36.8 Å². The molecule has 4 heteroatoms. The summed E-state index contributed by atoms with van der Waals surface area (Å²) in [6.07, 6.45) is 6.39. The van der Waals surface area contributed by atoms with Gasteiger partial charge in [-0.2, -0.15) is 0 Å². The first-order valence-electron chi connectivity index (χ1n) is 8.16. The number of hydrogen-bond acceptors (Lipinski definition) is 3. The minimum absolute atomic E-state index is 0.376. The van der Waals surface area contributed by atoms with Crippen LogP contribution in [0.15, 0.2) is 12.1 Å². The minimum atomic E-state index is 0.376. The highest BCUT2D eigenvalue weighted by Gasteiger charge is 2.37.